The summed E-state index contributed by atoms with van der Waals surface area (Å²) < 4.78 is 35.2. The van der Waals surface area contributed by atoms with Gasteiger partial charge in [-0.1, -0.05) is 62.4 Å². The number of nitrogens with one attached hydrogen (secondary N) is 1. The Morgan fingerprint density at radius 1 is 1.00 bits per heavy atom. The van der Waals surface area contributed by atoms with E-state index in [4.69, 9.17) is 4.74 Å². The molecule has 0 spiro atoms. The summed E-state index contributed by atoms with van der Waals surface area (Å²) in [6.07, 6.45) is 2.04. The molecule has 2 aliphatic carbocycles. The van der Waals surface area contributed by atoms with E-state index in [1.165, 1.54) is 11.3 Å². The molecule has 5 rings (SSSR count). The predicted molar refractivity (Wildman–Crippen MR) is 150 cm³/mol. The number of carbonyl (C=O) groups excluding carboxylic acids is 1. The summed E-state index contributed by atoms with van der Waals surface area (Å²) in [5.41, 5.74) is 1.84. The van der Waals surface area contributed by atoms with Crippen LogP contribution in [0.25, 0.3) is 0 Å². The van der Waals surface area contributed by atoms with Crippen LogP contribution in [0.3, 0.4) is 0 Å². The molecule has 2 aromatic carbocycles. The van der Waals surface area contributed by atoms with Gasteiger partial charge < -0.3 is 15.0 Å². The highest BCUT2D eigenvalue weighted by Gasteiger charge is 2.71. The molecular weight excluding hydrogens is 498 g/mol. The molecule has 0 aromatic heterocycles. The molecule has 0 radical (unpaired) electrons. The van der Waals surface area contributed by atoms with Crippen molar-refractivity contribution in [2.45, 2.75) is 59.1 Å². The second-order valence-electron chi connectivity index (χ2n) is 12.2. The van der Waals surface area contributed by atoms with Gasteiger partial charge in [-0.25, -0.2) is 13.2 Å². The number of para-hydroxylation sites is 1. The van der Waals surface area contributed by atoms with Crippen molar-refractivity contribution in [1.29, 1.82) is 0 Å². The molecule has 38 heavy (non-hydrogen) atoms. The fraction of sp³-hybridized carbons (Fsp3) is 0.567. The van der Waals surface area contributed by atoms with Crippen LogP contribution >= 0.6 is 0 Å². The first kappa shape index (κ1) is 27.0. The fourth-order valence-corrected chi connectivity index (χ4v) is 9.99. The number of hydrogen-bond donors (Lipinski definition) is 1. The highest BCUT2D eigenvalue weighted by molar-refractivity contribution is 7.89. The van der Waals surface area contributed by atoms with Gasteiger partial charge in [-0.15, -0.1) is 0 Å². The van der Waals surface area contributed by atoms with E-state index in [0.717, 1.165) is 24.8 Å². The number of alkyl carbamates (subject to hydrolysis) is 1. The van der Waals surface area contributed by atoms with Gasteiger partial charge in [0.2, 0.25) is 10.0 Å². The zero-order valence-electron chi connectivity index (χ0n) is 23.1. The second-order valence-corrected chi connectivity index (χ2v) is 14.2. The van der Waals surface area contributed by atoms with Crippen molar-refractivity contribution in [3.8, 4) is 0 Å². The van der Waals surface area contributed by atoms with E-state index < -0.39 is 27.1 Å². The molecule has 3 atom stereocenters. The van der Waals surface area contributed by atoms with Crippen molar-refractivity contribution >= 4 is 21.8 Å². The Balaban J connectivity index is 1.30. The number of aryl methyl sites for hydroxylation is 1. The average molecular weight is 540 g/mol. The van der Waals surface area contributed by atoms with Gasteiger partial charge in [0, 0.05) is 42.8 Å². The SMILES string of the molecule is Cc1ccccc1N1CCN(S(=O)(=O)C[C@@]23CC[C@@H](C[C@]2(C)NC(=O)OCc2ccccc2)C3(C)C)CC1. The highest BCUT2D eigenvalue weighted by Crippen LogP contribution is 2.70. The molecule has 8 heteroatoms. The van der Waals surface area contributed by atoms with Crippen molar-refractivity contribution in [1.82, 2.24) is 9.62 Å². The van der Waals surface area contributed by atoms with Crippen molar-refractivity contribution in [3.63, 3.8) is 0 Å². The minimum atomic E-state index is -3.54. The maximum atomic E-state index is 14.0. The zero-order chi connectivity index (χ0) is 27.2. The zero-order valence-corrected chi connectivity index (χ0v) is 23.9. The van der Waals surface area contributed by atoms with Crippen LogP contribution in [0.5, 0.6) is 0 Å². The molecule has 0 unspecified atom stereocenters. The van der Waals surface area contributed by atoms with Gasteiger partial charge in [0.15, 0.2) is 0 Å². The van der Waals surface area contributed by atoms with Gasteiger partial charge >= 0.3 is 6.09 Å². The summed E-state index contributed by atoms with van der Waals surface area (Å²) >= 11 is 0. The Labute approximate surface area is 227 Å². The standard InChI is InChI=1S/C30H41N3O4S/c1-23-10-8-9-13-26(23)32-16-18-33(19-17-32)38(35,36)22-30-15-14-25(28(30,2)3)20-29(30,4)31-27(34)37-21-24-11-6-5-7-12-24/h5-13,25H,14-22H2,1-4H3,(H,31,34)/t25-,29-,30+/m0/s1. The molecule has 2 aromatic rings. The Morgan fingerprint density at radius 3 is 2.32 bits per heavy atom. The average Bonchev–Trinajstić information content (AvgIpc) is 3.21. The molecule has 206 valence electrons. The third-order valence-electron chi connectivity index (χ3n) is 9.99. The van der Waals surface area contributed by atoms with Crippen molar-refractivity contribution in [2.24, 2.45) is 16.7 Å². The number of nitrogens with zero attached hydrogens (tertiary/aromatic N) is 2. The van der Waals surface area contributed by atoms with Gasteiger partial charge in [-0.2, -0.15) is 4.31 Å². The first-order chi connectivity index (χ1) is 18.0. The van der Waals surface area contributed by atoms with Crippen LogP contribution < -0.4 is 10.2 Å². The Morgan fingerprint density at radius 2 is 1.66 bits per heavy atom. The normalized spacial score (nSPS) is 28.8. The Bertz CT molecular complexity index is 1270. The van der Waals surface area contributed by atoms with Gasteiger partial charge in [0.25, 0.3) is 0 Å². The molecule has 1 amide bonds. The maximum Gasteiger partial charge on any atom is 0.407 e. The molecule has 7 nitrogen and oxygen atoms in total. The summed E-state index contributed by atoms with van der Waals surface area (Å²) in [6.45, 7) is 11.0. The summed E-state index contributed by atoms with van der Waals surface area (Å²) in [5, 5.41) is 3.16. The smallest absolute Gasteiger partial charge is 0.407 e. The fourth-order valence-electron chi connectivity index (χ4n) is 7.63. The van der Waals surface area contributed by atoms with E-state index in [2.05, 4.69) is 43.1 Å². The van der Waals surface area contributed by atoms with Gasteiger partial charge in [0.1, 0.15) is 6.61 Å². The van der Waals surface area contributed by atoms with Crippen LogP contribution in [-0.4, -0.2) is 56.3 Å². The number of piperazine rings is 1. The number of rotatable bonds is 7. The second kappa shape index (κ2) is 9.87. The van der Waals surface area contributed by atoms with E-state index in [-0.39, 0.29) is 17.8 Å². The van der Waals surface area contributed by atoms with Crippen molar-refractivity contribution < 1.29 is 17.9 Å². The third kappa shape index (κ3) is 4.60. The number of fused-ring (bicyclic) bond motifs is 2. The van der Waals surface area contributed by atoms with Crippen LogP contribution in [-0.2, 0) is 21.4 Å². The summed E-state index contributed by atoms with van der Waals surface area (Å²) in [7, 11) is -3.54. The first-order valence-electron chi connectivity index (χ1n) is 13.7. The van der Waals surface area contributed by atoms with Crippen LogP contribution in [0.2, 0.25) is 0 Å². The minimum Gasteiger partial charge on any atom is -0.445 e. The molecule has 1 heterocycles. The van der Waals surface area contributed by atoms with Crippen LogP contribution in [0.15, 0.2) is 54.6 Å². The lowest BCUT2D eigenvalue weighted by molar-refractivity contribution is 0.0556. The molecule has 1 saturated heterocycles. The van der Waals surface area contributed by atoms with E-state index in [0.29, 0.717) is 32.1 Å². The molecule has 1 N–H and O–H groups in total. The number of benzene rings is 2. The summed E-state index contributed by atoms with van der Waals surface area (Å²) in [5.74, 6) is 0.401. The monoisotopic (exact) mass is 539 g/mol. The van der Waals surface area contributed by atoms with E-state index in [1.807, 2.05) is 49.4 Å². The Hall–Kier alpha value is -2.58. The molecular formula is C30H41N3O4S. The number of amides is 1. The van der Waals surface area contributed by atoms with Crippen LogP contribution in [0.4, 0.5) is 10.5 Å². The quantitative estimate of drug-likeness (QED) is 0.538. The van der Waals surface area contributed by atoms with Gasteiger partial charge in [-0.05, 0) is 61.6 Å². The number of carbonyl (C=O) groups is 1. The van der Waals surface area contributed by atoms with Crippen LogP contribution in [0.1, 0.15) is 51.2 Å². The van der Waals surface area contributed by atoms with Crippen LogP contribution in [0, 0.1) is 23.7 Å². The lowest BCUT2D eigenvalue weighted by Crippen LogP contribution is -2.62. The number of sulfonamides is 1. The lowest BCUT2D eigenvalue weighted by Gasteiger charge is -2.50. The molecule has 1 aliphatic heterocycles. The topological polar surface area (TPSA) is 79.0 Å². The highest BCUT2D eigenvalue weighted by atomic mass is 32.2. The molecule has 2 bridgehead atoms. The Kier molecular flexibility index (Phi) is 7.01. The van der Waals surface area contributed by atoms with Crippen molar-refractivity contribution in [3.05, 3.63) is 65.7 Å². The summed E-state index contributed by atoms with van der Waals surface area (Å²) in [4.78, 5) is 15.3. The van der Waals surface area contributed by atoms with Gasteiger partial charge in [-0.3, -0.25) is 0 Å². The summed E-state index contributed by atoms with van der Waals surface area (Å²) in [6, 6.07) is 17.8. The minimum absolute atomic E-state index is 0.0450. The molecule has 3 fully saturated rings. The largest absolute Gasteiger partial charge is 0.445 e. The lowest BCUT2D eigenvalue weighted by atomic mass is 9.63. The van der Waals surface area contributed by atoms with Crippen molar-refractivity contribution in [2.75, 3.05) is 36.8 Å². The molecule has 2 saturated carbocycles. The third-order valence-corrected chi connectivity index (χ3v) is 12.0. The van der Waals surface area contributed by atoms with E-state index in [1.54, 1.807) is 4.31 Å². The number of ether oxygens (including phenoxy) is 1. The van der Waals surface area contributed by atoms with E-state index in [9.17, 15) is 13.2 Å². The number of hydrogen-bond acceptors (Lipinski definition) is 5. The van der Waals surface area contributed by atoms with E-state index >= 15 is 0 Å². The molecule has 3 aliphatic rings. The first-order valence-corrected chi connectivity index (χ1v) is 15.4. The maximum absolute atomic E-state index is 14.0. The predicted octanol–water partition coefficient (Wildman–Crippen LogP) is 4.96. The van der Waals surface area contributed by atoms with Gasteiger partial charge in [0.05, 0.1) is 5.75 Å². The number of anilines is 1.